The van der Waals surface area contributed by atoms with Crippen LogP contribution < -0.4 is 17.2 Å². The molecule has 0 saturated heterocycles. The van der Waals surface area contributed by atoms with E-state index in [9.17, 15) is 34.3 Å². The minimum Gasteiger partial charge on any atom is -0.507 e. The van der Waals surface area contributed by atoms with Crippen molar-refractivity contribution in [1.29, 1.82) is 5.26 Å². The van der Waals surface area contributed by atoms with Gasteiger partial charge >= 0.3 is 0 Å². The number of carbonyl (C=O) groups is 5. The Morgan fingerprint density at radius 2 is 1.69 bits per heavy atom. The second-order valence-corrected chi connectivity index (χ2v) is 12.2. The van der Waals surface area contributed by atoms with Crippen molar-refractivity contribution in [2.45, 2.75) is 49.7 Å². The molecule has 0 aromatic heterocycles. The molecule has 0 bridgehead atoms. The van der Waals surface area contributed by atoms with Crippen molar-refractivity contribution < 1.29 is 29.1 Å². The third-order valence-electron chi connectivity index (χ3n) is 9.37. The molecule has 2 saturated carbocycles. The third-order valence-corrected chi connectivity index (χ3v) is 9.37. The summed E-state index contributed by atoms with van der Waals surface area (Å²) in [5.74, 6) is -9.80. The lowest BCUT2D eigenvalue weighted by atomic mass is 9.42. The molecule has 2 fully saturated rings. The summed E-state index contributed by atoms with van der Waals surface area (Å²) in [7, 11) is 2.94. The summed E-state index contributed by atoms with van der Waals surface area (Å²) in [4.78, 5) is 69.4. The first-order valence-corrected chi connectivity index (χ1v) is 13.6. The van der Waals surface area contributed by atoms with Gasteiger partial charge in [-0.2, -0.15) is 5.26 Å². The average molecular weight is 572 g/mol. The van der Waals surface area contributed by atoms with Crippen molar-refractivity contribution in [3.05, 3.63) is 64.2 Å². The van der Waals surface area contributed by atoms with Crippen LogP contribution in [0.25, 0.3) is 0 Å². The van der Waals surface area contributed by atoms with Gasteiger partial charge in [0.1, 0.15) is 11.7 Å². The predicted molar refractivity (Wildman–Crippen MR) is 150 cm³/mol. The highest BCUT2D eigenvalue weighted by Gasteiger charge is 2.78. The molecule has 0 radical (unpaired) electrons. The topological polar surface area (TPSA) is 211 Å². The average Bonchev–Trinajstić information content (AvgIpc) is 2.88. The number of nitrogens with zero attached hydrogens (tertiary/aromatic N) is 2. The van der Waals surface area contributed by atoms with Gasteiger partial charge in [-0.3, -0.25) is 28.9 Å². The molecule has 2 aromatic rings. The van der Waals surface area contributed by atoms with Crippen molar-refractivity contribution in [3.63, 3.8) is 0 Å². The quantitative estimate of drug-likeness (QED) is 0.350. The zero-order chi connectivity index (χ0) is 30.9. The molecule has 3 aliphatic carbocycles. The van der Waals surface area contributed by atoms with E-state index in [1.807, 2.05) is 31.2 Å². The van der Waals surface area contributed by atoms with Gasteiger partial charge in [0.05, 0.1) is 23.2 Å². The number of Topliss-reactive ketones (excluding diaryl/α,β-unsaturated/α-hetero) is 4. The van der Waals surface area contributed by atoms with Gasteiger partial charge in [0.2, 0.25) is 5.91 Å². The van der Waals surface area contributed by atoms with Crippen LogP contribution in [0.2, 0.25) is 0 Å². The second-order valence-electron chi connectivity index (χ2n) is 12.2. The van der Waals surface area contributed by atoms with Gasteiger partial charge in [-0.05, 0) is 69.5 Å². The monoisotopic (exact) mass is 571 g/mol. The van der Waals surface area contributed by atoms with Gasteiger partial charge in [0.25, 0.3) is 0 Å². The Kier molecular flexibility index (Phi) is 6.73. The normalized spacial score (nSPS) is 32.2. The van der Waals surface area contributed by atoms with Crippen molar-refractivity contribution in [1.82, 2.24) is 4.90 Å². The molecule has 2 aromatic carbocycles. The number of amides is 1. The third kappa shape index (κ3) is 3.79. The molecule has 0 heterocycles. The van der Waals surface area contributed by atoms with Gasteiger partial charge in [-0.1, -0.05) is 35.9 Å². The second kappa shape index (κ2) is 9.66. The highest BCUT2D eigenvalue weighted by molar-refractivity contribution is 6.33. The minimum absolute atomic E-state index is 0.0790. The highest BCUT2D eigenvalue weighted by Crippen LogP contribution is 2.56. The fourth-order valence-electron chi connectivity index (χ4n) is 7.54. The number of likely N-dealkylation sites (N-methyl/N-ethyl adjacent to an activating group) is 1. The molecule has 6 atom stereocenters. The van der Waals surface area contributed by atoms with E-state index in [2.05, 4.69) is 0 Å². The molecule has 42 heavy (non-hydrogen) atoms. The number of benzene rings is 2. The molecular weight excluding hydrogens is 538 g/mol. The zero-order valence-corrected chi connectivity index (χ0v) is 23.6. The number of nitriles is 1. The number of fused-ring (bicyclic) bond motifs is 3. The van der Waals surface area contributed by atoms with E-state index in [4.69, 9.17) is 17.2 Å². The molecule has 0 aliphatic heterocycles. The van der Waals surface area contributed by atoms with Crippen LogP contribution in [-0.4, -0.2) is 70.3 Å². The molecule has 218 valence electrons. The number of nitrogens with two attached hydrogens (primary N) is 3. The van der Waals surface area contributed by atoms with Gasteiger partial charge in [0, 0.05) is 5.54 Å². The minimum atomic E-state index is -2.76. The Bertz CT molecular complexity index is 1610. The van der Waals surface area contributed by atoms with Crippen LogP contribution in [0.3, 0.4) is 0 Å². The zero-order valence-electron chi connectivity index (χ0n) is 23.6. The fraction of sp³-hybridized carbons (Fsp3) is 0.419. The van der Waals surface area contributed by atoms with Crippen molar-refractivity contribution >= 4 is 29.0 Å². The number of ketones is 4. The van der Waals surface area contributed by atoms with E-state index in [1.54, 1.807) is 12.1 Å². The number of aromatic hydroxyl groups is 1. The van der Waals surface area contributed by atoms with E-state index >= 15 is 0 Å². The smallest absolute Gasteiger partial charge is 0.235 e. The number of phenolic OH excluding ortho intramolecular Hbond substituents is 1. The fourth-order valence-corrected chi connectivity index (χ4v) is 7.54. The Morgan fingerprint density at radius 1 is 1.05 bits per heavy atom. The van der Waals surface area contributed by atoms with E-state index in [0.29, 0.717) is 18.4 Å². The van der Waals surface area contributed by atoms with Crippen LogP contribution in [0, 0.1) is 35.5 Å². The summed E-state index contributed by atoms with van der Waals surface area (Å²) < 4.78 is 0. The van der Waals surface area contributed by atoms with E-state index in [-0.39, 0.29) is 17.7 Å². The molecule has 11 heteroatoms. The maximum Gasteiger partial charge on any atom is 0.235 e. The van der Waals surface area contributed by atoms with Gasteiger partial charge in [0.15, 0.2) is 34.5 Å². The van der Waals surface area contributed by atoms with Gasteiger partial charge in [-0.25, -0.2) is 0 Å². The van der Waals surface area contributed by atoms with E-state index in [1.165, 1.54) is 25.1 Å². The predicted octanol–water partition coefficient (Wildman–Crippen LogP) is -0.0979. The largest absolute Gasteiger partial charge is 0.507 e. The summed E-state index contributed by atoms with van der Waals surface area (Å²) >= 11 is 0. The Hall–Kier alpha value is -4.24. The standard InChI is InChI=1S/C31H33N5O6/c1-15-4-6-16(7-5-15)8-9-17-10-11-19(37)20-18(17)12-29(34)13-31(35)25(36(2)3)24(39)21(28(33)42)26(40)30(31,14-32)27(41)22(29)23(20)38/h4-7,10-11,21-22,25,37H,8-9,12-13,34-35H2,1-3H3,(H2,33,42)/t21?,22?,25-,29-,30+,31-/m1/s1. The Morgan fingerprint density at radius 3 is 2.26 bits per heavy atom. The van der Waals surface area contributed by atoms with E-state index in [0.717, 1.165) is 16.7 Å². The molecule has 0 spiro atoms. The number of hydrogen-bond acceptors (Lipinski definition) is 10. The Labute approximate surface area is 242 Å². The van der Waals surface area contributed by atoms with Gasteiger partial charge in [-0.15, -0.1) is 0 Å². The summed E-state index contributed by atoms with van der Waals surface area (Å²) in [5.41, 5.74) is 15.8. The maximum atomic E-state index is 14.4. The molecular formula is C31H33N5O6. The Balaban J connectivity index is 1.66. The van der Waals surface area contributed by atoms with Gasteiger partial charge < -0.3 is 22.3 Å². The summed E-state index contributed by atoms with van der Waals surface area (Å²) in [5, 5.41) is 21.3. The summed E-state index contributed by atoms with van der Waals surface area (Å²) in [6.07, 6.45) is 0.615. The van der Waals surface area contributed by atoms with Crippen molar-refractivity contribution in [2.24, 2.45) is 34.5 Å². The van der Waals surface area contributed by atoms with Crippen LogP contribution in [0.4, 0.5) is 0 Å². The van der Waals surface area contributed by atoms with Crippen molar-refractivity contribution in [2.75, 3.05) is 14.1 Å². The molecule has 11 nitrogen and oxygen atoms in total. The number of phenols is 1. The lowest BCUT2D eigenvalue weighted by molar-refractivity contribution is -0.166. The first-order chi connectivity index (χ1) is 19.6. The molecule has 5 rings (SSSR count). The number of primary amides is 1. The molecule has 1 amide bonds. The molecule has 3 aliphatic rings. The number of rotatable bonds is 5. The van der Waals surface area contributed by atoms with Crippen LogP contribution in [0.5, 0.6) is 5.75 Å². The first kappa shape index (κ1) is 29.3. The molecule has 2 unspecified atom stereocenters. The SMILES string of the molecule is Cc1ccc(CCc2ccc(O)c3c2C[C@@]2(N)C[C@@]4(N)[C@H](N(C)C)C(=O)C(C(N)=O)C(=O)[C@@]4(C#N)C(=O)C2C3=O)cc1. The first-order valence-electron chi connectivity index (χ1n) is 13.6. The van der Waals surface area contributed by atoms with Crippen LogP contribution in [-0.2, 0) is 38.4 Å². The number of aryl methyl sites for hydroxylation is 3. The lowest BCUT2D eigenvalue weighted by Gasteiger charge is -2.60. The van der Waals surface area contributed by atoms with Crippen LogP contribution in [0.1, 0.15) is 39.0 Å². The van der Waals surface area contributed by atoms with Crippen LogP contribution in [0.15, 0.2) is 36.4 Å². The van der Waals surface area contributed by atoms with Crippen molar-refractivity contribution in [3.8, 4) is 11.8 Å². The number of hydrogen-bond donors (Lipinski definition) is 4. The summed E-state index contributed by atoms with van der Waals surface area (Å²) in [6.45, 7) is 1.99. The number of carbonyl (C=O) groups excluding carboxylic acids is 5. The maximum absolute atomic E-state index is 14.4. The summed E-state index contributed by atoms with van der Waals surface area (Å²) in [6, 6.07) is 11.4. The van der Waals surface area contributed by atoms with Crippen LogP contribution >= 0.6 is 0 Å². The van der Waals surface area contributed by atoms with E-state index < -0.39 is 69.8 Å². The highest BCUT2D eigenvalue weighted by atomic mass is 16.3. The lowest BCUT2D eigenvalue weighted by Crippen LogP contribution is -2.85. The molecule has 7 N–H and O–H groups in total.